The molecule has 0 bridgehead atoms. The van der Waals surface area contributed by atoms with E-state index in [2.05, 4.69) is 5.32 Å². The molecule has 0 aliphatic heterocycles. The van der Waals surface area contributed by atoms with Gasteiger partial charge < -0.3 is 15.8 Å². The van der Waals surface area contributed by atoms with E-state index >= 15 is 0 Å². The topological polar surface area (TPSA) is 47.3 Å². The minimum absolute atomic E-state index is 0.609. The van der Waals surface area contributed by atoms with Crippen molar-refractivity contribution in [1.82, 2.24) is 0 Å². The van der Waals surface area contributed by atoms with Gasteiger partial charge in [-0.05, 0) is 24.3 Å². The molecule has 2 aromatic rings. The first-order valence-corrected chi connectivity index (χ1v) is 5.62. The van der Waals surface area contributed by atoms with Gasteiger partial charge in [-0.2, -0.15) is 0 Å². The zero-order valence-corrected chi connectivity index (χ0v) is 9.60. The third-order valence-electron chi connectivity index (χ3n) is 2.39. The summed E-state index contributed by atoms with van der Waals surface area (Å²) in [6, 6.07) is 17.5. The molecule has 0 aliphatic carbocycles. The Bertz CT molecular complexity index is 457. The zero-order chi connectivity index (χ0) is 11.9. The fraction of sp³-hybridized carbons (Fsp3) is 0.143. The summed E-state index contributed by atoms with van der Waals surface area (Å²) in [7, 11) is 0. The maximum Gasteiger partial charge on any atom is 0.119 e. The Labute approximate surface area is 101 Å². The Balaban J connectivity index is 1.76. The Morgan fingerprint density at radius 3 is 2.41 bits per heavy atom. The molecule has 0 saturated heterocycles. The fourth-order valence-electron chi connectivity index (χ4n) is 1.53. The Hall–Kier alpha value is -2.16. The lowest BCUT2D eigenvalue weighted by Crippen LogP contribution is -2.12. The maximum absolute atomic E-state index is 5.81. The third kappa shape index (κ3) is 3.41. The molecule has 0 spiro atoms. The summed E-state index contributed by atoms with van der Waals surface area (Å²) in [5.74, 6) is 0.885. The van der Waals surface area contributed by atoms with Crippen molar-refractivity contribution >= 4 is 11.4 Å². The van der Waals surface area contributed by atoms with Crippen molar-refractivity contribution in [2.45, 2.75) is 0 Å². The van der Waals surface area contributed by atoms with Crippen LogP contribution in [0.2, 0.25) is 0 Å². The molecule has 0 aliphatic rings. The number of para-hydroxylation sites is 3. The molecule has 2 rings (SSSR count). The molecule has 0 fully saturated rings. The van der Waals surface area contributed by atoms with Gasteiger partial charge in [-0.3, -0.25) is 0 Å². The minimum atomic E-state index is 0.609. The molecule has 0 radical (unpaired) electrons. The molecule has 0 heterocycles. The molecule has 3 N–H and O–H groups in total. The maximum atomic E-state index is 5.81. The van der Waals surface area contributed by atoms with Crippen LogP contribution in [0.5, 0.6) is 5.75 Å². The second kappa shape index (κ2) is 5.80. The average molecular weight is 228 g/mol. The molecule has 17 heavy (non-hydrogen) atoms. The van der Waals surface area contributed by atoms with Crippen LogP contribution in [-0.2, 0) is 0 Å². The van der Waals surface area contributed by atoms with Crippen LogP contribution in [0.25, 0.3) is 0 Å². The van der Waals surface area contributed by atoms with Crippen LogP contribution in [-0.4, -0.2) is 13.2 Å². The zero-order valence-electron chi connectivity index (χ0n) is 9.60. The highest BCUT2D eigenvalue weighted by Crippen LogP contribution is 2.16. The van der Waals surface area contributed by atoms with Gasteiger partial charge >= 0.3 is 0 Å². The van der Waals surface area contributed by atoms with E-state index in [9.17, 15) is 0 Å². The van der Waals surface area contributed by atoms with E-state index in [1.807, 2.05) is 54.6 Å². The van der Waals surface area contributed by atoms with Gasteiger partial charge in [0.2, 0.25) is 0 Å². The lowest BCUT2D eigenvalue weighted by atomic mass is 10.3. The van der Waals surface area contributed by atoms with Gasteiger partial charge in [0.1, 0.15) is 12.4 Å². The van der Waals surface area contributed by atoms with Gasteiger partial charge in [-0.25, -0.2) is 0 Å². The van der Waals surface area contributed by atoms with E-state index in [1.54, 1.807) is 0 Å². The van der Waals surface area contributed by atoms with E-state index in [4.69, 9.17) is 10.5 Å². The first kappa shape index (κ1) is 11.3. The van der Waals surface area contributed by atoms with E-state index in [0.717, 1.165) is 23.7 Å². The van der Waals surface area contributed by atoms with Gasteiger partial charge in [-0.1, -0.05) is 30.3 Å². The largest absolute Gasteiger partial charge is 0.492 e. The van der Waals surface area contributed by atoms with Crippen LogP contribution in [0.15, 0.2) is 54.6 Å². The predicted molar refractivity (Wildman–Crippen MR) is 71.3 cm³/mol. The summed E-state index contributed by atoms with van der Waals surface area (Å²) in [6.07, 6.45) is 0. The van der Waals surface area contributed by atoms with Crippen LogP contribution < -0.4 is 15.8 Å². The number of hydrogen-bond acceptors (Lipinski definition) is 3. The fourth-order valence-corrected chi connectivity index (χ4v) is 1.53. The van der Waals surface area contributed by atoms with Crippen molar-refractivity contribution < 1.29 is 4.74 Å². The molecule has 0 saturated carbocycles. The Kier molecular flexibility index (Phi) is 3.86. The lowest BCUT2D eigenvalue weighted by Gasteiger charge is -2.10. The number of benzene rings is 2. The smallest absolute Gasteiger partial charge is 0.119 e. The second-order valence-corrected chi connectivity index (χ2v) is 3.68. The quantitative estimate of drug-likeness (QED) is 0.611. The van der Waals surface area contributed by atoms with Crippen molar-refractivity contribution in [2.24, 2.45) is 0 Å². The van der Waals surface area contributed by atoms with Crippen molar-refractivity contribution in [1.29, 1.82) is 0 Å². The van der Waals surface area contributed by atoms with Crippen LogP contribution >= 0.6 is 0 Å². The number of nitrogen functional groups attached to an aromatic ring is 1. The van der Waals surface area contributed by atoms with Gasteiger partial charge in [0.05, 0.1) is 11.4 Å². The third-order valence-corrected chi connectivity index (χ3v) is 2.39. The first-order valence-electron chi connectivity index (χ1n) is 5.62. The summed E-state index contributed by atoms with van der Waals surface area (Å²) >= 11 is 0. The predicted octanol–water partition coefficient (Wildman–Crippen LogP) is 2.76. The van der Waals surface area contributed by atoms with Crippen LogP contribution in [0.4, 0.5) is 11.4 Å². The average Bonchev–Trinajstić information content (AvgIpc) is 2.38. The second-order valence-electron chi connectivity index (χ2n) is 3.68. The van der Waals surface area contributed by atoms with Crippen molar-refractivity contribution in [3.8, 4) is 5.75 Å². The summed E-state index contributed by atoms with van der Waals surface area (Å²) < 4.78 is 5.56. The molecule has 3 nitrogen and oxygen atoms in total. The molecule has 2 aromatic carbocycles. The highest BCUT2D eigenvalue weighted by atomic mass is 16.5. The number of anilines is 2. The van der Waals surface area contributed by atoms with Crippen LogP contribution in [0.3, 0.4) is 0 Å². The summed E-state index contributed by atoms with van der Waals surface area (Å²) in [5.41, 5.74) is 7.52. The van der Waals surface area contributed by atoms with E-state index < -0.39 is 0 Å². The SMILES string of the molecule is Nc1ccccc1NCCOc1ccccc1. The molecule has 0 amide bonds. The number of rotatable bonds is 5. The Morgan fingerprint density at radius 2 is 1.65 bits per heavy atom. The normalized spacial score (nSPS) is 9.88. The summed E-state index contributed by atoms with van der Waals surface area (Å²) in [5, 5.41) is 3.23. The summed E-state index contributed by atoms with van der Waals surface area (Å²) in [6.45, 7) is 1.33. The number of nitrogens with two attached hydrogens (primary N) is 1. The first-order chi connectivity index (χ1) is 8.36. The monoisotopic (exact) mass is 228 g/mol. The van der Waals surface area contributed by atoms with E-state index in [1.165, 1.54) is 0 Å². The molecular formula is C14H16N2O. The Morgan fingerprint density at radius 1 is 0.941 bits per heavy atom. The lowest BCUT2D eigenvalue weighted by molar-refractivity contribution is 0.333. The number of ether oxygens (including phenoxy) is 1. The van der Waals surface area contributed by atoms with E-state index in [0.29, 0.717) is 6.61 Å². The number of hydrogen-bond donors (Lipinski definition) is 2. The van der Waals surface area contributed by atoms with Crippen molar-refractivity contribution in [3.63, 3.8) is 0 Å². The number of nitrogens with one attached hydrogen (secondary N) is 1. The van der Waals surface area contributed by atoms with Crippen LogP contribution in [0.1, 0.15) is 0 Å². The minimum Gasteiger partial charge on any atom is -0.492 e. The molecule has 3 heteroatoms. The van der Waals surface area contributed by atoms with Gasteiger partial charge in [0.25, 0.3) is 0 Å². The van der Waals surface area contributed by atoms with E-state index in [-0.39, 0.29) is 0 Å². The highest BCUT2D eigenvalue weighted by molar-refractivity contribution is 5.65. The molecule has 0 aromatic heterocycles. The van der Waals surface area contributed by atoms with Gasteiger partial charge in [0.15, 0.2) is 0 Å². The van der Waals surface area contributed by atoms with Crippen molar-refractivity contribution in [2.75, 3.05) is 24.2 Å². The van der Waals surface area contributed by atoms with Gasteiger partial charge in [-0.15, -0.1) is 0 Å². The van der Waals surface area contributed by atoms with Gasteiger partial charge in [0, 0.05) is 6.54 Å². The summed E-state index contributed by atoms with van der Waals surface area (Å²) in [4.78, 5) is 0. The highest BCUT2D eigenvalue weighted by Gasteiger charge is 1.96. The molecular weight excluding hydrogens is 212 g/mol. The molecule has 88 valence electrons. The van der Waals surface area contributed by atoms with Crippen LogP contribution in [0, 0.1) is 0 Å². The van der Waals surface area contributed by atoms with Crippen molar-refractivity contribution in [3.05, 3.63) is 54.6 Å². The molecule has 0 unspecified atom stereocenters. The molecule has 0 atom stereocenters. The standard InChI is InChI=1S/C14H16N2O/c15-13-8-4-5-9-14(13)16-10-11-17-12-6-2-1-3-7-12/h1-9,16H,10-11,15H2.